The highest BCUT2D eigenvalue weighted by atomic mass is 19.4. The van der Waals surface area contributed by atoms with Crippen LogP contribution >= 0.6 is 0 Å². The lowest BCUT2D eigenvalue weighted by Crippen LogP contribution is -2.06. The molecule has 0 fully saturated rings. The Balaban J connectivity index is 1.60. The molecule has 7 nitrogen and oxygen atoms in total. The molecule has 158 valence electrons. The Morgan fingerprint density at radius 2 is 1.90 bits per heavy atom. The maximum Gasteiger partial charge on any atom is 0.416 e. The van der Waals surface area contributed by atoms with Gasteiger partial charge in [0.2, 0.25) is 5.95 Å². The smallest absolute Gasteiger partial charge is 0.416 e. The van der Waals surface area contributed by atoms with Crippen LogP contribution in [0.25, 0.3) is 11.0 Å². The van der Waals surface area contributed by atoms with Crippen molar-refractivity contribution >= 4 is 28.9 Å². The van der Waals surface area contributed by atoms with Crippen LogP contribution in [0.15, 0.2) is 65.9 Å². The van der Waals surface area contributed by atoms with Crippen molar-refractivity contribution in [2.45, 2.75) is 6.18 Å². The molecule has 0 bridgehead atoms. The molecule has 0 aliphatic rings. The van der Waals surface area contributed by atoms with Gasteiger partial charge in [-0.25, -0.2) is 4.98 Å². The Labute approximate surface area is 174 Å². The molecule has 0 spiro atoms. The van der Waals surface area contributed by atoms with Crippen LogP contribution in [0.5, 0.6) is 11.5 Å². The summed E-state index contributed by atoms with van der Waals surface area (Å²) in [6.07, 6.45) is -1.73. The van der Waals surface area contributed by atoms with Crippen LogP contribution in [-0.4, -0.2) is 26.0 Å². The van der Waals surface area contributed by atoms with Crippen LogP contribution in [0.2, 0.25) is 0 Å². The standard InChI is InChI=1S/C21H16F3N5O2/c1-29-19-6-5-16(31-17-7-8-25-15(10-17)12-26-30)11-18(19)28-20(29)27-14-4-2-3-13(9-14)21(22,23)24/h2-12,30H,1H3,(H,27,28)/b26-12-. The number of rotatable bonds is 5. The number of halogens is 3. The van der Waals surface area contributed by atoms with E-state index in [-0.39, 0.29) is 5.69 Å². The summed E-state index contributed by atoms with van der Waals surface area (Å²) in [6, 6.07) is 13.4. The van der Waals surface area contributed by atoms with E-state index in [1.807, 2.05) is 0 Å². The second kappa shape index (κ2) is 7.98. The Hall–Kier alpha value is -4.08. The average Bonchev–Trinajstić information content (AvgIpc) is 3.03. The number of nitrogens with one attached hydrogen (secondary N) is 1. The fourth-order valence-corrected chi connectivity index (χ4v) is 3.01. The Kier molecular flexibility index (Phi) is 5.20. The second-order valence-corrected chi connectivity index (χ2v) is 6.61. The summed E-state index contributed by atoms with van der Waals surface area (Å²) in [6.45, 7) is 0. The third-order valence-corrected chi connectivity index (χ3v) is 4.48. The molecule has 0 saturated carbocycles. The summed E-state index contributed by atoms with van der Waals surface area (Å²) in [7, 11) is 1.76. The summed E-state index contributed by atoms with van der Waals surface area (Å²) in [5, 5.41) is 14.5. The molecule has 0 saturated heterocycles. The fourth-order valence-electron chi connectivity index (χ4n) is 3.01. The molecule has 0 atom stereocenters. The lowest BCUT2D eigenvalue weighted by atomic mass is 10.2. The molecule has 10 heteroatoms. The number of hydrogen-bond acceptors (Lipinski definition) is 6. The molecule has 31 heavy (non-hydrogen) atoms. The van der Waals surface area contributed by atoms with Gasteiger partial charge in [-0.05, 0) is 36.4 Å². The van der Waals surface area contributed by atoms with Gasteiger partial charge < -0.3 is 19.8 Å². The Morgan fingerprint density at radius 3 is 2.68 bits per heavy atom. The first-order valence-electron chi connectivity index (χ1n) is 9.05. The molecule has 2 heterocycles. The molecule has 2 aromatic carbocycles. The normalized spacial score (nSPS) is 11.9. The topological polar surface area (TPSA) is 84.6 Å². The zero-order valence-electron chi connectivity index (χ0n) is 16.1. The van der Waals surface area contributed by atoms with Crippen LogP contribution in [-0.2, 0) is 13.2 Å². The number of oxime groups is 1. The van der Waals surface area contributed by atoms with E-state index in [0.717, 1.165) is 17.6 Å². The first-order valence-corrected chi connectivity index (χ1v) is 9.05. The fraction of sp³-hybridized carbons (Fsp3) is 0.0952. The molecule has 0 aliphatic heterocycles. The first-order chi connectivity index (χ1) is 14.8. The van der Waals surface area contributed by atoms with Gasteiger partial charge in [-0.3, -0.25) is 4.98 Å². The number of hydrogen-bond donors (Lipinski definition) is 2. The summed E-state index contributed by atoms with van der Waals surface area (Å²) in [5.41, 5.74) is 1.33. The number of aromatic nitrogens is 3. The van der Waals surface area contributed by atoms with Crippen LogP contribution < -0.4 is 10.1 Å². The van der Waals surface area contributed by atoms with Crippen molar-refractivity contribution in [1.29, 1.82) is 0 Å². The van der Waals surface area contributed by atoms with Crippen molar-refractivity contribution < 1.29 is 23.1 Å². The summed E-state index contributed by atoms with van der Waals surface area (Å²) < 4.78 is 46.4. The molecular formula is C21H16F3N5O2. The molecule has 0 unspecified atom stereocenters. The molecular weight excluding hydrogens is 411 g/mol. The Morgan fingerprint density at radius 1 is 1.10 bits per heavy atom. The summed E-state index contributed by atoms with van der Waals surface area (Å²) in [4.78, 5) is 8.49. The van der Waals surface area contributed by atoms with Crippen molar-refractivity contribution in [1.82, 2.24) is 14.5 Å². The lowest BCUT2D eigenvalue weighted by molar-refractivity contribution is -0.137. The minimum atomic E-state index is -4.42. The van der Waals surface area contributed by atoms with Crippen LogP contribution in [0.4, 0.5) is 24.8 Å². The zero-order chi connectivity index (χ0) is 22.0. The number of imidazole rings is 1. The molecule has 0 radical (unpaired) electrons. The minimum absolute atomic E-state index is 0.277. The van der Waals surface area contributed by atoms with Crippen molar-refractivity contribution in [3.05, 3.63) is 72.1 Å². The van der Waals surface area contributed by atoms with Gasteiger partial charge in [-0.1, -0.05) is 11.2 Å². The van der Waals surface area contributed by atoms with E-state index in [1.54, 1.807) is 48.0 Å². The SMILES string of the molecule is Cn1c(Nc2cccc(C(F)(F)F)c2)nc2cc(Oc3ccnc(/C=N\O)c3)ccc21. The van der Waals surface area contributed by atoms with E-state index in [4.69, 9.17) is 9.94 Å². The number of ether oxygens (including phenoxy) is 1. The number of aryl methyl sites for hydroxylation is 1. The maximum absolute atomic E-state index is 13.0. The van der Waals surface area contributed by atoms with Crippen LogP contribution in [0.3, 0.4) is 0 Å². The van der Waals surface area contributed by atoms with Gasteiger partial charge in [0, 0.05) is 31.1 Å². The largest absolute Gasteiger partial charge is 0.457 e. The molecule has 2 N–H and O–H groups in total. The average molecular weight is 427 g/mol. The second-order valence-electron chi connectivity index (χ2n) is 6.61. The predicted octanol–water partition coefficient (Wildman–Crippen LogP) is 5.33. The number of fused-ring (bicyclic) bond motifs is 1. The van der Waals surface area contributed by atoms with E-state index in [1.165, 1.54) is 18.5 Å². The highest BCUT2D eigenvalue weighted by Crippen LogP contribution is 2.32. The first kappa shape index (κ1) is 20.2. The van der Waals surface area contributed by atoms with E-state index in [0.29, 0.717) is 28.7 Å². The molecule has 4 aromatic rings. The number of pyridine rings is 1. The summed E-state index contributed by atoms with van der Waals surface area (Å²) in [5.74, 6) is 1.38. The van der Waals surface area contributed by atoms with Gasteiger partial charge in [0.25, 0.3) is 0 Å². The molecule has 0 amide bonds. The van der Waals surface area contributed by atoms with Crippen LogP contribution in [0.1, 0.15) is 11.3 Å². The highest BCUT2D eigenvalue weighted by Gasteiger charge is 2.30. The quantitative estimate of drug-likeness (QED) is 0.255. The molecule has 2 aromatic heterocycles. The van der Waals surface area contributed by atoms with Gasteiger partial charge in [0.05, 0.1) is 28.5 Å². The van der Waals surface area contributed by atoms with E-state index >= 15 is 0 Å². The van der Waals surface area contributed by atoms with Crippen LogP contribution in [0, 0.1) is 0 Å². The van der Waals surface area contributed by atoms with E-state index in [2.05, 4.69) is 20.4 Å². The monoisotopic (exact) mass is 427 g/mol. The van der Waals surface area contributed by atoms with Gasteiger partial charge in [-0.2, -0.15) is 13.2 Å². The van der Waals surface area contributed by atoms with Crippen molar-refractivity contribution in [2.75, 3.05) is 5.32 Å². The Bertz CT molecular complexity index is 1270. The molecule has 0 aliphatic carbocycles. The van der Waals surface area contributed by atoms with Crippen molar-refractivity contribution in [3.8, 4) is 11.5 Å². The third kappa shape index (κ3) is 4.42. The minimum Gasteiger partial charge on any atom is -0.457 e. The third-order valence-electron chi connectivity index (χ3n) is 4.48. The summed E-state index contributed by atoms with van der Waals surface area (Å²) >= 11 is 0. The lowest BCUT2D eigenvalue weighted by Gasteiger charge is -2.10. The van der Waals surface area contributed by atoms with Crippen molar-refractivity contribution in [3.63, 3.8) is 0 Å². The van der Waals surface area contributed by atoms with Crippen molar-refractivity contribution in [2.24, 2.45) is 12.2 Å². The van der Waals surface area contributed by atoms with E-state index in [9.17, 15) is 13.2 Å². The van der Waals surface area contributed by atoms with Gasteiger partial charge >= 0.3 is 6.18 Å². The number of alkyl halides is 3. The zero-order valence-corrected chi connectivity index (χ0v) is 16.1. The highest BCUT2D eigenvalue weighted by molar-refractivity contribution is 5.81. The van der Waals surface area contributed by atoms with Gasteiger partial charge in [0.1, 0.15) is 11.5 Å². The van der Waals surface area contributed by atoms with Gasteiger partial charge in [0.15, 0.2) is 0 Å². The van der Waals surface area contributed by atoms with Gasteiger partial charge in [-0.15, -0.1) is 0 Å². The molecule has 4 rings (SSSR count). The number of nitrogens with zero attached hydrogens (tertiary/aromatic N) is 4. The maximum atomic E-state index is 13.0. The predicted molar refractivity (Wildman–Crippen MR) is 109 cm³/mol. The number of benzene rings is 2. The van der Waals surface area contributed by atoms with E-state index < -0.39 is 11.7 Å². The number of anilines is 2.